The summed E-state index contributed by atoms with van der Waals surface area (Å²) in [6.07, 6.45) is -5.33. The van der Waals surface area contributed by atoms with Crippen molar-refractivity contribution < 1.29 is 27.5 Å². The molecule has 2 amide bonds. The maximum absolute atomic E-state index is 12.8. The fourth-order valence-corrected chi connectivity index (χ4v) is 2.75. The van der Waals surface area contributed by atoms with E-state index in [9.17, 15) is 22.8 Å². The van der Waals surface area contributed by atoms with E-state index in [1.807, 2.05) is 0 Å². The molecule has 2 aromatic rings. The fourth-order valence-electron chi connectivity index (χ4n) is 2.75. The van der Waals surface area contributed by atoms with Crippen LogP contribution in [0.1, 0.15) is 18.2 Å². The molecule has 0 aliphatic carbocycles. The van der Waals surface area contributed by atoms with Gasteiger partial charge in [-0.2, -0.15) is 18.3 Å². The summed E-state index contributed by atoms with van der Waals surface area (Å²) in [6, 6.07) is 5.60. The summed E-state index contributed by atoms with van der Waals surface area (Å²) in [4.78, 5) is 24.9. The smallest absolute Gasteiger partial charge is 0.435 e. The predicted molar refractivity (Wildman–Crippen MR) is 81.9 cm³/mol. The Bertz CT molecular complexity index is 858. The largest absolute Gasteiger partial charge is 0.449 e. The van der Waals surface area contributed by atoms with Crippen molar-refractivity contribution in [2.24, 2.45) is 7.05 Å². The van der Waals surface area contributed by atoms with Gasteiger partial charge in [-0.15, -0.1) is 0 Å². The molecule has 3 rings (SSSR count). The molecule has 0 atom stereocenters. The molecule has 1 aliphatic rings. The highest BCUT2D eigenvalue weighted by atomic mass is 19.4. The fraction of sp³-hybridized carbons (Fsp3) is 0.312. The Labute approximate surface area is 140 Å². The van der Waals surface area contributed by atoms with Gasteiger partial charge in [0.1, 0.15) is 0 Å². The molecule has 2 heterocycles. The Hall–Kier alpha value is -2.84. The predicted octanol–water partition coefficient (Wildman–Crippen LogP) is 3.15. The zero-order chi connectivity index (χ0) is 18.4. The zero-order valence-corrected chi connectivity index (χ0v) is 13.4. The highest BCUT2D eigenvalue weighted by Crippen LogP contribution is 2.35. The molecule has 0 bridgehead atoms. The number of rotatable bonds is 2. The van der Waals surface area contributed by atoms with Crippen molar-refractivity contribution in [3.8, 4) is 11.3 Å². The minimum Gasteiger partial charge on any atom is -0.449 e. The maximum atomic E-state index is 12.8. The zero-order valence-electron chi connectivity index (χ0n) is 13.4. The van der Waals surface area contributed by atoms with Gasteiger partial charge in [-0.3, -0.25) is 9.48 Å². The number of imide groups is 1. The van der Waals surface area contributed by atoms with Crippen LogP contribution in [-0.2, 0) is 29.2 Å². The van der Waals surface area contributed by atoms with Gasteiger partial charge in [0.05, 0.1) is 24.4 Å². The number of aromatic nitrogens is 2. The van der Waals surface area contributed by atoms with Crippen LogP contribution in [0.2, 0.25) is 0 Å². The van der Waals surface area contributed by atoms with Crippen LogP contribution in [-0.4, -0.2) is 28.4 Å². The third-order valence-corrected chi connectivity index (χ3v) is 3.83. The van der Waals surface area contributed by atoms with Crippen LogP contribution >= 0.6 is 0 Å². The van der Waals surface area contributed by atoms with E-state index in [-0.39, 0.29) is 18.7 Å². The molecule has 0 unspecified atom stereocenters. The highest BCUT2D eigenvalue weighted by Gasteiger charge is 2.36. The highest BCUT2D eigenvalue weighted by molar-refractivity contribution is 6.17. The lowest BCUT2D eigenvalue weighted by molar-refractivity contribution is -0.141. The van der Waals surface area contributed by atoms with Gasteiger partial charge in [0.2, 0.25) is 5.91 Å². The van der Waals surface area contributed by atoms with E-state index >= 15 is 0 Å². The molecule has 6 nitrogen and oxygen atoms in total. The van der Waals surface area contributed by atoms with Crippen LogP contribution in [0.15, 0.2) is 24.3 Å². The summed E-state index contributed by atoms with van der Waals surface area (Å²) in [7, 11) is 1.41. The minimum absolute atomic E-state index is 0.0219. The second-order valence-electron chi connectivity index (χ2n) is 5.48. The molecule has 9 heteroatoms. The van der Waals surface area contributed by atoms with Gasteiger partial charge in [-0.1, -0.05) is 6.07 Å². The first kappa shape index (κ1) is 17.0. The minimum atomic E-state index is -4.54. The van der Waals surface area contributed by atoms with Gasteiger partial charge < -0.3 is 4.74 Å². The van der Waals surface area contributed by atoms with Crippen molar-refractivity contribution in [2.75, 3.05) is 11.5 Å². The SMILES string of the molecule is CCOC(=O)N1C(=O)Cc2cc(-c3cc(C(F)(F)F)nn3C)ccc21. The number of ether oxygens (including phenoxy) is 1. The van der Waals surface area contributed by atoms with E-state index in [4.69, 9.17) is 4.74 Å². The second kappa shape index (κ2) is 5.91. The van der Waals surface area contributed by atoms with Crippen molar-refractivity contribution >= 4 is 17.7 Å². The van der Waals surface area contributed by atoms with Crippen molar-refractivity contribution in [3.63, 3.8) is 0 Å². The number of aryl methyl sites for hydroxylation is 1. The third-order valence-electron chi connectivity index (χ3n) is 3.83. The average molecular weight is 353 g/mol. The number of alkyl halides is 3. The van der Waals surface area contributed by atoms with Gasteiger partial charge in [-0.25, -0.2) is 9.69 Å². The van der Waals surface area contributed by atoms with Crippen LogP contribution in [0.25, 0.3) is 11.3 Å². The monoisotopic (exact) mass is 353 g/mol. The number of halogens is 3. The number of benzene rings is 1. The van der Waals surface area contributed by atoms with Crippen molar-refractivity contribution in [2.45, 2.75) is 19.5 Å². The number of fused-ring (bicyclic) bond motifs is 1. The van der Waals surface area contributed by atoms with E-state index in [0.717, 1.165) is 15.6 Å². The molecular weight excluding hydrogens is 339 g/mol. The molecule has 0 saturated heterocycles. The van der Waals surface area contributed by atoms with Gasteiger partial charge in [0.25, 0.3) is 0 Å². The summed E-state index contributed by atoms with van der Waals surface area (Å²) in [5.74, 6) is -0.438. The van der Waals surface area contributed by atoms with Gasteiger partial charge in [0, 0.05) is 12.6 Å². The quantitative estimate of drug-likeness (QED) is 0.832. The molecule has 132 valence electrons. The second-order valence-corrected chi connectivity index (χ2v) is 5.48. The van der Waals surface area contributed by atoms with Gasteiger partial charge in [0.15, 0.2) is 5.69 Å². The summed E-state index contributed by atoms with van der Waals surface area (Å²) in [6.45, 7) is 1.76. The maximum Gasteiger partial charge on any atom is 0.435 e. The van der Waals surface area contributed by atoms with Crippen LogP contribution in [0.5, 0.6) is 0 Å². The van der Waals surface area contributed by atoms with E-state index in [1.165, 1.54) is 13.1 Å². The third kappa shape index (κ3) is 2.97. The van der Waals surface area contributed by atoms with Crippen LogP contribution < -0.4 is 4.90 Å². The van der Waals surface area contributed by atoms with Crippen molar-refractivity contribution in [1.82, 2.24) is 9.78 Å². The number of amides is 2. The van der Waals surface area contributed by atoms with E-state index in [2.05, 4.69) is 5.10 Å². The Morgan fingerprint density at radius 2 is 2.04 bits per heavy atom. The van der Waals surface area contributed by atoms with Crippen molar-refractivity contribution in [3.05, 3.63) is 35.5 Å². The molecular formula is C16H14F3N3O3. The summed E-state index contributed by atoms with van der Waals surface area (Å²) in [5, 5.41) is 3.47. The van der Waals surface area contributed by atoms with Gasteiger partial charge >= 0.3 is 12.3 Å². The Kier molecular flexibility index (Phi) is 4.02. The summed E-state index contributed by atoms with van der Waals surface area (Å²) in [5.41, 5.74) is 0.672. The lowest BCUT2D eigenvalue weighted by atomic mass is 10.1. The molecule has 0 N–H and O–H groups in total. The standard InChI is InChI=1S/C16H14F3N3O3/c1-3-25-15(24)22-11-5-4-9(6-10(11)7-14(22)23)12-8-13(16(17,18)19)20-21(12)2/h4-6,8H,3,7H2,1-2H3. The van der Waals surface area contributed by atoms with Gasteiger partial charge in [-0.05, 0) is 30.7 Å². The number of carbonyl (C=O) groups is 2. The number of nitrogens with zero attached hydrogens (tertiary/aromatic N) is 3. The number of carbonyl (C=O) groups excluding carboxylic acids is 2. The molecule has 0 radical (unpaired) electrons. The number of hydrogen-bond donors (Lipinski definition) is 0. The van der Waals surface area contributed by atoms with Crippen LogP contribution in [0.3, 0.4) is 0 Å². The first-order chi connectivity index (χ1) is 11.7. The van der Waals surface area contributed by atoms with Crippen LogP contribution in [0, 0.1) is 0 Å². The molecule has 25 heavy (non-hydrogen) atoms. The molecule has 0 saturated carbocycles. The summed E-state index contributed by atoms with van der Waals surface area (Å²) >= 11 is 0. The Balaban J connectivity index is 1.99. The lowest BCUT2D eigenvalue weighted by Crippen LogP contribution is -2.34. The van der Waals surface area contributed by atoms with E-state index < -0.39 is 23.9 Å². The number of hydrogen-bond acceptors (Lipinski definition) is 4. The Morgan fingerprint density at radius 3 is 2.64 bits per heavy atom. The van der Waals surface area contributed by atoms with Crippen molar-refractivity contribution in [1.29, 1.82) is 0 Å². The van der Waals surface area contributed by atoms with Crippen LogP contribution in [0.4, 0.5) is 23.7 Å². The molecule has 1 aliphatic heterocycles. The Morgan fingerprint density at radius 1 is 1.32 bits per heavy atom. The first-order valence-corrected chi connectivity index (χ1v) is 7.46. The van der Waals surface area contributed by atoms with E-state index in [1.54, 1.807) is 19.1 Å². The van der Waals surface area contributed by atoms with E-state index in [0.29, 0.717) is 16.8 Å². The lowest BCUT2D eigenvalue weighted by Gasteiger charge is -2.14. The topological polar surface area (TPSA) is 64.4 Å². The first-order valence-electron chi connectivity index (χ1n) is 7.46. The number of anilines is 1. The normalized spacial score (nSPS) is 14.0. The molecule has 1 aromatic heterocycles. The molecule has 0 fully saturated rings. The molecule has 0 spiro atoms. The average Bonchev–Trinajstić information content (AvgIpc) is 3.05. The summed E-state index contributed by atoms with van der Waals surface area (Å²) < 4.78 is 44.4. The molecule has 1 aromatic carbocycles.